The Morgan fingerprint density at radius 1 is 0.956 bits per heavy atom. The summed E-state index contributed by atoms with van der Waals surface area (Å²) in [7, 11) is 3.14. The van der Waals surface area contributed by atoms with Crippen LogP contribution in [-0.4, -0.2) is 78.8 Å². The highest BCUT2D eigenvalue weighted by molar-refractivity contribution is 5.99. The Morgan fingerprint density at radius 2 is 1.69 bits per heavy atom. The average molecular weight is 613 g/mol. The first-order valence-electron chi connectivity index (χ1n) is 15.2. The number of methoxy groups -OCH3 is 2. The zero-order valence-electron chi connectivity index (χ0n) is 25.6. The molecule has 0 bridgehead atoms. The third-order valence-corrected chi connectivity index (χ3v) is 8.84. The number of nitriles is 1. The molecule has 0 radical (unpaired) electrons. The van der Waals surface area contributed by atoms with Crippen LogP contribution < -0.4 is 9.47 Å². The molecule has 1 unspecified atom stereocenters. The molecular formula is C35H37FN4O5. The molecule has 0 saturated carbocycles. The van der Waals surface area contributed by atoms with E-state index in [1.807, 2.05) is 4.90 Å². The second kappa shape index (κ2) is 14.4. The number of piperidine rings is 2. The number of ketones is 2. The van der Waals surface area contributed by atoms with Crippen LogP contribution in [0.5, 0.6) is 11.5 Å². The molecule has 1 amide bonds. The summed E-state index contributed by atoms with van der Waals surface area (Å²) in [5.74, 6) is 0.403. The summed E-state index contributed by atoms with van der Waals surface area (Å²) in [4.78, 5) is 47.0. The van der Waals surface area contributed by atoms with Crippen LogP contribution in [0, 0.1) is 23.2 Å². The van der Waals surface area contributed by atoms with E-state index in [-0.39, 0.29) is 42.1 Å². The molecule has 2 aromatic carbocycles. The molecule has 2 aliphatic heterocycles. The number of halogens is 1. The molecule has 5 rings (SSSR count). The minimum Gasteiger partial charge on any atom is -0.497 e. The Bertz CT molecular complexity index is 1560. The predicted molar refractivity (Wildman–Crippen MR) is 165 cm³/mol. The van der Waals surface area contributed by atoms with Gasteiger partial charge in [-0.1, -0.05) is 0 Å². The number of hydrogen-bond donors (Lipinski definition) is 0. The molecule has 3 heterocycles. The van der Waals surface area contributed by atoms with Gasteiger partial charge in [0.05, 0.1) is 25.9 Å². The van der Waals surface area contributed by atoms with Gasteiger partial charge in [-0.15, -0.1) is 0 Å². The SMILES string of the molecule is COc1ccc(C(=O)C2CCN(C(=O)c3ccc(C(=O)CC4CCN(Cc5cc(C#N)ccc5OC)C[C@H]4F)cn3)CC2)cc1. The number of ether oxygens (including phenoxy) is 2. The lowest BCUT2D eigenvalue weighted by Crippen LogP contribution is -2.42. The number of Topliss-reactive ketones (excluding diaryl/α,β-unsaturated/α-hetero) is 2. The number of likely N-dealkylation sites (tertiary alicyclic amines) is 2. The van der Waals surface area contributed by atoms with Crippen LogP contribution in [0.4, 0.5) is 4.39 Å². The number of carbonyl (C=O) groups excluding carboxylic acids is 3. The van der Waals surface area contributed by atoms with Gasteiger partial charge < -0.3 is 14.4 Å². The van der Waals surface area contributed by atoms with Crippen LogP contribution in [0.25, 0.3) is 0 Å². The molecule has 10 heteroatoms. The maximum absolute atomic E-state index is 15.2. The van der Waals surface area contributed by atoms with Crippen molar-refractivity contribution in [3.63, 3.8) is 0 Å². The number of carbonyl (C=O) groups is 3. The Morgan fingerprint density at radius 3 is 2.31 bits per heavy atom. The second-order valence-corrected chi connectivity index (χ2v) is 11.7. The van der Waals surface area contributed by atoms with Crippen molar-refractivity contribution in [3.05, 3.63) is 88.7 Å². The van der Waals surface area contributed by atoms with Gasteiger partial charge in [-0.05, 0) is 86.3 Å². The van der Waals surface area contributed by atoms with Crippen LogP contribution in [0.3, 0.4) is 0 Å². The van der Waals surface area contributed by atoms with Crippen molar-refractivity contribution in [2.24, 2.45) is 11.8 Å². The zero-order chi connectivity index (χ0) is 31.9. The highest BCUT2D eigenvalue weighted by atomic mass is 19.1. The normalized spacial score (nSPS) is 19.0. The third-order valence-electron chi connectivity index (χ3n) is 8.84. The lowest BCUT2D eigenvalue weighted by Gasteiger charge is -2.34. The van der Waals surface area contributed by atoms with Gasteiger partial charge >= 0.3 is 0 Å². The van der Waals surface area contributed by atoms with Crippen molar-refractivity contribution in [2.45, 2.75) is 38.4 Å². The predicted octanol–water partition coefficient (Wildman–Crippen LogP) is 5.14. The molecule has 234 valence electrons. The van der Waals surface area contributed by atoms with E-state index in [1.165, 1.54) is 6.20 Å². The van der Waals surface area contributed by atoms with E-state index in [0.29, 0.717) is 73.6 Å². The topological polar surface area (TPSA) is 113 Å². The van der Waals surface area contributed by atoms with Crippen molar-refractivity contribution in [1.29, 1.82) is 5.26 Å². The summed E-state index contributed by atoms with van der Waals surface area (Å²) in [6.45, 7) is 2.15. The molecule has 0 N–H and O–H groups in total. The summed E-state index contributed by atoms with van der Waals surface area (Å²) in [6.07, 6.45) is 1.93. The van der Waals surface area contributed by atoms with E-state index >= 15 is 4.39 Å². The van der Waals surface area contributed by atoms with Gasteiger partial charge in [0.2, 0.25) is 0 Å². The fourth-order valence-corrected chi connectivity index (χ4v) is 6.14. The van der Waals surface area contributed by atoms with Gasteiger partial charge in [-0.2, -0.15) is 5.26 Å². The first-order chi connectivity index (χ1) is 21.8. The van der Waals surface area contributed by atoms with Crippen molar-refractivity contribution in [2.75, 3.05) is 40.4 Å². The molecule has 0 aliphatic carbocycles. The zero-order valence-corrected chi connectivity index (χ0v) is 25.6. The van der Waals surface area contributed by atoms with Gasteiger partial charge in [0.1, 0.15) is 23.4 Å². The summed E-state index contributed by atoms with van der Waals surface area (Å²) in [5, 5.41) is 9.23. The van der Waals surface area contributed by atoms with Gasteiger partial charge in [-0.3, -0.25) is 24.3 Å². The van der Waals surface area contributed by atoms with E-state index < -0.39 is 12.1 Å². The highest BCUT2D eigenvalue weighted by Gasteiger charge is 2.32. The largest absolute Gasteiger partial charge is 0.497 e. The summed E-state index contributed by atoms with van der Waals surface area (Å²) in [6, 6.07) is 17.5. The highest BCUT2D eigenvalue weighted by Crippen LogP contribution is 2.29. The van der Waals surface area contributed by atoms with Crippen molar-refractivity contribution >= 4 is 17.5 Å². The van der Waals surface area contributed by atoms with Crippen molar-refractivity contribution < 1.29 is 28.2 Å². The monoisotopic (exact) mass is 612 g/mol. The maximum Gasteiger partial charge on any atom is 0.272 e. The number of benzene rings is 2. The van der Waals surface area contributed by atoms with Gasteiger partial charge in [-0.25, -0.2) is 4.39 Å². The Labute approximate surface area is 262 Å². The maximum atomic E-state index is 15.2. The molecule has 9 nitrogen and oxygen atoms in total. The van der Waals surface area contributed by atoms with Gasteiger partial charge in [0, 0.05) is 61.4 Å². The molecule has 3 aromatic rings. The Hall–Kier alpha value is -4.62. The molecular weight excluding hydrogens is 575 g/mol. The molecule has 2 fully saturated rings. The minimum absolute atomic E-state index is 0.0625. The second-order valence-electron chi connectivity index (χ2n) is 11.7. The molecule has 45 heavy (non-hydrogen) atoms. The van der Waals surface area contributed by atoms with Gasteiger partial charge in [0.15, 0.2) is 11.6 Å². The average Bonchev–Trinajstić information content (AvgIpc) is 3.09. The van der Waals surface area contributed by atoms with Crippen LogP contribution >= 0.6 is 0 Å². The number of pyridine rings is 1. The smallest absolute Gasteiger partial charge is 0.272 e. The molecule has 0 spiro atoms. The van der Waals surface area contributed by atoms with Crippen LogP contribution in [-0.2, 0) is 6.54 Å². The van der Waals surface area contributed by atoms with E-state index in [9.17, 15) is 19.6 Å². The van der Waals surface area contributed by atoms with E-state index in [4.69, 9.17) is 9.47 Å². The minimum atomic E-state index is -1.18. The van der Waals surface area contributed by atoms with E-state index in [2.05, 4.69) is 11.1 Å². The summed E-state index contributed by atoms with van der Waals surface area (Å²) < 4.78 is 25.8. The number of alkyl halides is 1. The summed E-state index contributed by atoms with van der Waals surface area (Å²) in [5.41, 5.74) is 2.56. The van der Waals surface area contributed by atoms with Gasteiger partial charge in [0.25, 0.3) is 5.91 Å². The number of aromatic nitrogens is 1. The fourth-order valence-electron chi connectivity index (χ4n) is 6.14. The molecule has 2 saturated heterocycles. The quantitative estimate of drug-likeness (QED) is 0.290. The molecule has 2 aliphatic rings. The number of rotatable bonds is 10. The standard InChI is InChI=1S/C35H37FN4O5/c1-44-29-7-4-24(5-8-29)34(42)25-12-15-40(16-13-25)35(43)31-9-6-27(20-38-31)32(41)18-26-11-14-39(22-30(26)36)21-28-17-23(19-37)3-10-33(28)45-2/h3-10,17,20,25-26,30H,11-16,18,21-22H2,1-2H3/t26?,30-/m1/s1. The lowest BCUT2D eigenvalue weighted by atomic mass is 9.88. The first-order valence-corrected chi connectivity index (χ1v) is 15.2. The van der Waals surface area contributed by atoms with Crippen LogP contribution in [0.15, 0.2) is 60.8 Å². The first kappa shape index (κ1) is 31.8. The third kappa shape index (κ3) is 7.55. The fraction of sp³-hybridized carbons (Fsp3) is 0.400. The molecule has 1 aromatic heterocycles. The van der Waals surface area contributed by atoms with Crippen molar-refractivity contribution in [3.8, 4) is 17.6 Å². The Kier molecular flexibility index (Phi) is 10.2. The lowest BCUT2D eigenvalue weighted by molar-refractivity contribution is 0.0644. The van der Waals surface area contributed by atoms with E-state index in [1.54, 1.807) is 73.7 Å². The number of amides is 1. The summed E-state index contributed by atoms with van der Waals surface area (Å²) >= 11 is 0. The van der Waals surface area contributed by atoms with Crippen LogP contribution in [0.1, 0.15) is 68.0 Å². The van der Waals surface area contributed by atoms with Crippen molar-refractivity contribution in [1.82, 2.24) is 14.8 Å². The molecule has 2 atom stereocenters. The number of nitrogens with zero attached hydrogens (tertiary/aromatic N) is 4. The number of hydrogen-bond acceptors (Lipinski definition) is 8. The van der Waals surface area contributed by atoms with Crippen LogP contribution in [0.2, 0.25) is 0 Å². The Balaban J connectivity index is 1.10. The van der Waals surface area contributed by atoms with E-state index in [0.717, 1.165) is 5.56 Å².